The molecule has 0 amide bonds. The zero-order chi connectivity index (χ0) is 16.1. The van der Waals surface area contributed by atoms with Crippen LogP contribution in [0.4, 0.5) is 10.1 Å². The van der Waals surface area contributed by atoms with Crippen molar-refractivity contribution in [1.82, 2.24) is 0 Å². The van der Waals surface area contributed by atoms with Crippen LogP contribution in [-0.4, -0.2) is 24.1 Å². The molecule has 2 N–H and O–H groups in total. The number of ether oxygens (including phenoxy) is 1. The van der Waals surface area contributed by atoms with Crippen molar-refractivity contribution >= 4 is 11.5 Å². The summed E-state index contributed by atoms with van der Waals surface area (Å²) in [5.74, 6) is -0.0319. The monoisotopic (exact) mass is 303 g/mol. The summed E-state index contributed by atoms with van der Waals surface area (Å²) >= 11 is 0. The average molecular weight is 303 g/mol. The molecule has 116 valence electrons. The Morgan fingerprint density at radius 1 is 1.14 bits per heavy atom. The second-order valence-corrected chi connectivity index (χ2v) is 4.96. The standard InChI is InChI=1S/C17H18FNO3/c1-11(20)17(21)16(12-3-5-13(18)6-4-12)19-14-7-9-15(22-2)10-8-14/h3-10,16-17,19,21H,1-2H3/t16-,17-/m1/s1. The van der Waals surface area contributed by atoms with E-state index in [1.807, 2.05) is 0 Å². The molecule has 2 rings (SSSR count). The summed E-state index contributed by atoms with van der Waals surface area (Å²) in [4.78, 5) is 11.5. The van der Waals surface area contributed by atoms with Crippen LogP contribution in [0.3, 0.4) is 0 Å². The molecule has 22 heavy (non-hydrogen) atoms. The van der Waals surface area contributed by atoms with E-state index in [4.69, 9.17) is 4.74 Å². The van der Waals surface area contributed by atoms with Crippen LogP contribution in [0.5, 0.6) is 5.75 Å². The first-order chi connectivity index (χ1) is 10.5. The van der Waals surface area contributed by atoms with Gasteiger partial charge in [-0.15, -0.1) is 0 Å². The van der Waals surface area contributed by atoms with Crippen LogP contribution < -0.4 is 10.1 Å². The molecule has 0 aliphatic carbocycles. The fraction of sp³-hybridized carbons (Fsp3) is 0.235. The van der Waals surface area contributed by atoms with Crippen LogP contribution in [0.2, 0.25) is 0 Å². The van der Waals surface area contributed by atoms with Crippen LogP contribution >= 0.6 is 0 Å². The van der Waals surface area contributed by atoms with E-state index < -0.39 is 12.1 Å². The van der Waals surface area contributed by atoms with Gasteiger partial charge in [0.15, 0.2) is 5.78 Å². The van der Waals surface area contributed by atoms with Crippen molar-refractivity contribution in [2.24, 2.45) is 0 Å². The topological polar surface area (TPSA) is 58.6 Å². The molecule has 0 saturated heterocycles. The first-order valence-electron chi connectivity index (χ1n) is 6.86. The van der Waals surface area contributed by atoms with Crippen molar-refractivity contribution in [3.63, 3.8) is 0 Å². The lowest BCUT2D eigenvalue weighted by Gasteiger charge is -2.24. The maximum atomic E-state index is 13.1. The van der Waals surface area contributed by atoms with E-state index in [2.05, 4.69) is 5.32 Å². The third-order valence-electron chi connectivity index (χ3n) is 3.37. The molecule has 0 bridgehead atoms. The van der Waals surface area contributed by atoms with Gasteiger partial charge >= 0.3 is 0 Å². The fourth-order valence-corrected chi connectivity index (χ4v) is 2.12. The Morgan fingerprint density at radius 2 is 1.73 bits per heavy atom. The second-order valence-electron chi connectivity index (χ2n) is 4.96. The van der Waals surface area contributed by atoms with Gasteiger partial charge in [0.2, 0.25) is 0 Å². The number of carbonyl (C=O) groups excluding carboxylic acids is 1. The number of anilines is 1. The molecule has 2 aromatic rings. The molecule has 0 unspecified atom stereocenters. The van der Waals surface area contributed by atoms with Crippen molar-refractivity contribution < 1.29 is 19.0 Å². The highest BCUT2D eigenvalue weighted by molar-refractivity contribution is 5.81. The number of aliphatic hydroxyl groups excluding tert-OH is 1. The molecule has 0 saturated carbocycles. The van der Waals surface area contributed by atoms with Gasteiger partial charge in [0.1, 0.15) is 17.7 Å². The molecule has 0 aliphatic heterocycles. The zero-order valence-corrected chi connectivity index (χ0v) is 12.4. The van der Waals surface area contributed by atoms with Crippen LogP contribution in [0.25, 0.3) is 0 Å². The molecule has 0 aromatic heterocycles. The van der Waals surface area contributed by atoms with E-state index in [1.54, 1.807) is 43.5 Å². The summed E-state index contributed by atoms with van der Waals surface area (Å²) in [6.45, 7) is 1.32. The molecule has 2 aromatic carbocycles. The minimum absolute atomic E-state index is 0.365. The summed E-state index contributed by atoms with van der Waals surface area (Å²) in [6.07, 6.45) is -1.23. The first kappa shape index (κ1) is 16.0. The van der Waals surface area contributed by atoms with Crippen LogP contribution in [0, 0.1) is 5.82 Å². The van der Waals surface area contributed by atoms with Gasteiger partial charge in [0.05, 0.1) is 13.2 Å². The number of halogens is 1. The third-order valence-corrected chi connectivity index (χ3v) is 3.37. The SMILES string of the molecule is COc1ccc(N[C@H](c2ccc(F)cc2)[C@H](O)C(C)=O)cc1. The Bertz CT molecular complexity index is 625. The van der Waals surface area contributed by atoms with Crippen LogP contribution in [0.15, 0.2) is 48.5 Å². The van der Waals surface area contributed by atoms with Gasteiger partial charge < -0.3 is 15.2 Å². The first-order valence-corrected chi connectivity index (χ1v) is 6.86. The van der Waals surface area contributed by atoms with Gasteiger partial charge in [-0.3, -0.25) is 4.79 Å². The number of hydrogen-bond donors (Lipinski definition) is 2. The maximum absolute atomic E-state index is 13.1. The predicted octanol–water partition coefficient (Wildman–Crippen LogP) is 2.94. The summed E-state index contributed by atoms with van der Waals surface area (Å²) in [7, 11) is 1.57. The van der Waals surface area contributed by atoms with Gasteiger partial charge in [-0.2, -0.15) is 0 Å². The van der Waals surface area contributed by atoms with Gasteiger partial charge in [0, 0.05) is 5.69 Å². The molecule has 0 radical (unpaired) electrons. The largest absolute Gasteiger partial charge is 0.497 e. The van der Waals surface area contributed by atoms with Gasteiger partial charge in [-0.05, 0) is 48.9 Å². The summed E-state index contributed by atoms with van der Waals surface area (Å²) in [5.41, 5.74) is 1.34. The highest BCUT2D eigenvalue weighted by Gasteiger charge is 2.24. The fourth-order valence-electron chi connectivity index (χ4n) is 2.12. The van der Waals surface area contributed by atoms with E-state index >= 15 is 0 Å². The Kier molecular flexibility index (Phi) is 5.12. The molecular weight excluding hydrogens is 285 g/mol. The van der Waals surface area contributed by atoms with Crippen molar-refractivity contribution in [2.75, 3.05) is 12.4 Å². The molecule has 0 aliphatic rings. The lowest BCUT2D eigenvalue weighted by atomic mass is 9.98. The molecule has 0 spiro atoms. The molecule has 0 fully saturated rings. The van der Waals surface area contributed by atoms with Crippen molar-refractivity contribution in [1.29, 1.82) is 0 Å². The minimum Gasteiger partial charge on any atom is -0.497 e. The zero-order valence-electron chi connectivity index (χ0n) is 12.4. The van der Waals surface area contributed by atoms with E-state index in [-0.39, 0.29) is 11.6 Å². The van der Waals surface area contributed by atoms with E-state index in [9.17, 15) is 14.3 Å². The average Bonchev–Trinajstić information content (AvgIpc) is 2.53. The number of ketones is 1. The second kappa shape index (κ2) is 7.04. The number of methoxy groups -OCH3 is 1. The van der Waals surface area contributed by atoms with Crippen LogP contribution in [0.1, 0.15) is 18.5 Å². The predicted molar refractivity (Wildman–Crippen MR) is 82.4 cm³/mol. The third kappa shape index (κ3) is 3.83. The summed E-state index contributed by atoms with van der Waals surface area (Å²) in [5, 5.41) is 13.2. The quantitative estimate of drug-likeness (QED) is 0.861. The number of rotatable bonds is 6. The van der Waals surface area contributed by atoms with Crippen molar-refractivity contribution in [3.8, 4) is 5.75 Å². The molecule has 4 nitrogen and oxygen atoms in total. The molecule has 2 atom stereocenters. The molecule has 5 heteroatoms. The number of nitrogens with one attached hydrogen (secondary N) is 1. The Morgan fingerprint density at radius 3 is 2.23 bits per heavy atom. The highest BCUT2D eigenvalue weighted by atomic mass is 19.1. The Hall–Kier alpha value is -2.40. The minimum atomic E-state index is -1.23. The lowest BCUT2D eigenvalue weighted by Crippen LogP contribution is -2.31. The molecule has 0 heterocycles. The van der Waals surface area contributed by atoms with E-state index in [0.29, 0.717) is 11.3 Å². The smallest absolute Gasteiger partial charge is 0.160 e. The van der Waals surface area contributed by atoms with Crippen molar-refractivity contribution in [2.45, 2.75) is 19.1 Å². The van der Waals surface area contributed by atoms with Gasteiger partial charge in [-0.25, -0.2) is 4.39 Å². The number of aliphatic hydroxyl groups is 1. The normalized spacial score (nSPS) is 13.3. The number of carbonyl (C=O) groups is 1. The lowest BCUT2D eigenvalue weighted by molar-refractivity contribution is -0.125. The number of hydrogen-bond acceptors (Lipinski definition) is 4. The van der Waals surface area contributed by atoms with E-state index in [0.717, 1.165) is 5.69 Å². The summed E-state index contributed by atoms with van der Waals surface area (Å²) < 4.78 is 18.1. The van der Waals surface area contributed by atoms with Crippen molar-refractivity contribution in [3.05, 3.63) is 59.9 Å². The summed E-state index contributed by atoms with van der Waals surface area (Å²) in [6, 6.07) is 12.1. The maximum Gasteiger partial charge on any atom is 0.160 e. The number of benzene rings is 2. The van der Waals surface area contributed by atoms with Gasteiger partial charge in [-0.1, -0.05) is 12.1 Å². The van der Waals surface area contributed by atoms with Crippen LogP contribution in [-0.2, 0) is 4.79 Å². The Labute approximate surface area is 128 Å². The van der Waals surface area contributed by atoms with Gasteiger partial charge in [0.25, 0.3) is 0 Å². The molecular formula is C17H18FNO3. The van der Waals surface area contributed by atoms with E-state index in [1.165, 1.54) is 19.1 Å². The highest BCUT2D eigenvalue weighted by Crippen LogP contribution is 2.25. The Balaban J connectivity index is 2.27. The number of Topliss-reactive ketones (excluding diaryl/α,β-unsaturated/α-hetero) is 1.